The van der Waals surface area contributed by atoms with E-state index in [1.165, 1.54) is 65.7 Å². The van der Waals surface area contributed by atoms with Gasteiger partial charge in [0.05, 0.1) is 0 Å². The van der Waals surface area contributed by atoms with Crippen LogP contribution in [0.5, 0.6) is 0 Å². The van der Waals surface area contributed by atoms with Crippen LogP contribution in [-0.4, -0.2) is 0 Å². The molecule has 0 radical (unpaired) electrons. The Morgan fingerprint density at radius 3 is 1.09 bits per heavy atom. The average Bonchev–Trinajstić information content (AvgIpc) is 3.09. The van der Waals surface area contributed by atoms with Gasteiger partial charge in [-0.05, 0) is 101 Å². The molecule has 0 saturated carbocycles. The van der Waals surface area contributed by atoms with Crippen LogP contribution in [0.4, 0.5) is 0 Å². The Hall–Kier alpha value is -4.69. The summed E-state index contributed by atoms with van der Waals surface area (Å²) in [6.45, 7) is 0. The van der Waals surface area contributed by atoms with Crippen LogP contribution < -0.4 is 0 Å². The lowest BCUT2D eigenvalue weighted by Crippen LogP contribution is -1.99. The van der Waals surface area contributed by atoms with Crippen molar-refractivity contribution in [2.45, 2.75) is 0 Å². The van der Waals surface area contributed by atoms with E-state index in [-0.39, 0.29) is 0 Å². The van der Waals surface area contributed by atoms with E-state index in [1.807, 2.05) is 12.1 Å². The molecule has 0 aliphatic rings. The second-order valence-corrected chi connectivity index (χ2v) is 12.4. The van der Waals surface area contributed by atoms with E-state index in [2.05, 4.69) is 162 Å². The minimum Gasteiger partial charge on any atom is -0.0843 e. The van der Waals surface area contributed by atoms with Gasteiger partial charge >= 0.3 is 0 Å². The Balaban J connectivity index is 1.76. The van der Waals surface area contributed by atoms with E-state index in [1.54, 1.807) is 0 Å². The van der Waals surface area contributed by atoms with Crippen molar-refractivity contribution < 1.29 is 0 Å². The van der Waals surface area contributed by atoms with Crippen LogP contribution >= 0.6 is 27.5 Å². The molecule has 2 heteroatoms. The van der Waals surface area contributed by atoms with Crippen molar-refractivity contribution in [2.75, 3.05) is 0 Å². The van der Waals surface area contributed by atoms with Gasteiger partial charge in [0.25, 0.3) is 0 Å². The lowest BCUT2D eigenvalue weighted by Gasteiger charge is -2.26. The van der Waals surface area contributed by atoms with Gasteiger partial charge in [-0.2, -0.15) is 0 Å². The number of fused-ring (bicyclic) bond motifs is 6. The number of halogens is 2. The van der Waals surface area contributed by atoms with Gasteiger partial charge in [-0.1, -0.05) is 161 Å². The Morgan fingerprint density at radius 1 is 0.318 bits per heavy atom. The van der Waals surface area contributed by atoms with Crippen LogP contribution in [0.2, 0.25) is 5.02 Å². The zero-order valence-corrected chi connectivity index (χ0v) is 26.1. The number of hydrogen-bond acceptors (Lipinski definition) is 0. The summed E-state index contributed by atoms with van der Waals surface area (Å²) >= 11 is 10.2. The van der Waals surface area contributed by atoms with Crippen LogP contribution in [0.25, 0.3) is 76.8 Å². The van der Waals surface area contributed by atoms with Gasteiger partial charge < -0.3 is 0 Å². The van der Waals surface area contributed by atoms with Crippen LogP contribution in [-0.2, 0) is 0 Å². The molecular weight excluding hydrogens is 620 g/mol. The summed E-state index contributed by atoms with van der Waals surface area (Å²) in [6, 6.07) is 56.5. The summed E-state index contributed by atoms with van der Waals surface area (Å²) in [6.07, 6.45) is 0. The molecule has 44 heavy (non-hydrogen) atoms. The summed E-state index contributed by atoms with van der Waals surface area (Å²) in [5, 5.41) is 8.25. The van der Waals surface area contributed by atoms with Crippen molar-refractivity contribution in [3.63, 3.8) is 0 Å². The van der Waals surface area contributed by atoms with E-state index < -0.39 is 0 Å². The van der Waals surface area contributed by atoms with Crippen LogP contribution in [0.1, 0.15) is 0 Å². The maximum absolute atomic E-state index is 6.49. The smallest absolute Gasteiger partial charge is 0.0406 e. The Bertz CT molecular complexity index is 2140. The van der Waals surface area contributed by atoms with E-state index in [0.717, 1.165) is 20.6 Å². The zero-order valence-electron chi connectivity index (χ0n) is 23.8. The number of benzene rings is 8. The quantitative estimate of drug-likeness (QED) is 0.167. The summed E-state index contributed by atoms with van der Waals surface area (Å²) in [5.74, 6) is 0. The highest BCUT2D eigenvalue weighted by atomic mass is 79.9. The van der Waals surface area contributed by atoms with Crippen LogP contribution in [0, 0.1) is 0 Å². The second-order valence-electron chi connectivity index (χ2n) is 11.1. The molecule has 0 unspecified atom stereocenters. The monoisotopic (exact) mass is 644 g/mol. The lowest BCUT2D eigenvalue weighted by atomic mass is 9.76. The van der Waals surface area contributed by atoms with Gasteiger partial charge in [-0.15, -0.1) is 0 Å². The molecule has 8 rings (SSSR count). The van der Waals surface area contributed by atoms with Gasteiger partial charge in [-0.3, -0.25) is 0 Å². The summed E-state index contributed by atoms with van der Waals surface area (Å²) < 4.78 is 1.05. The topological polar surface area (TPSA) is 0 Å². The van der Waals surface area contributed by atoms with Crippen molar-refractivity contribution >= 4 is 59.8 Å². The number of rotatable bonds is 4. The van der Waals surface area contributed by atoms with E-state index in [4.69, 9.17) is 11.6 Å². The Kier molecular flexibility index (Phi) is 6.79. The fourth-order valence-electron chi connectivity index (χ4n) is 6.76. The molecule has 0 spiro atoms. The van der Waals surface area contributed by atoms with Crippen molar-refractivity contribution in [3.8, 4) is 44.5 Å². The van der Waals surface area contributed by atoms with Crippen molar-refractivity contribution in [1.29, 1.82) is 0 Å². The molecule has 0 amide bonds. The average molecular weight is 646 g/mol. The molecule has 0 atom stereocenters. The first-order valence-corrected chi connectivity index (χ1v) is 15.9. The molecule has 0 aromatic heterocycles. The van der Waals surface area contributed by atoms with Gasteiger partial charge in [0.15, 0.2) is 0 Å². The molecule has 0 heterocycles. The maximum Gasteiger partial charge on any atom is 0.0406 e. The third-order valence-corrected chi connectivity index (χ3v) is 9.35. The van der Waals surface area contributed by atoms with Crippen LogP contribution in [0.3, 0.4) is 0 Å². The van der Waals surface area contributed by atoms with E-state index in [9.17, 15) is 0 Å². The first-order valence-electron chi connectivity index (χ1n) is 14.7. The van der Waals surface area contributed by atoms with Crippen molar-refractivity contribution in [2.24, 2.45) is 0 Å². The molecule has 0 saturated heterocycles. The summed E-state index contributed by atoms with van der Waals surface area (Å²) in [4.78, 5) is 0. The standard InChI is InChI=1S/C42H26BrCl/c43-31-23-19-29(20-24-31)37-38(30-21-25-32(44)26-22-30)40(28-13-5-2-6-14-28)42-36-18-10-8-16-34(36)33-15-7-9-17-35(33)41(42)39(37)27-11-3-1-4-12-27/h1-26H. The SMILES string of the molecule is Clc1ccc(-c2c(-c3ccc(Br)cc3)c(-c3ccccc3)c3c4ccccc4c4ccccc4c3c2-c2ccccc2)cc1. The third kappa shape index (κ3) is 4.44. The largest absolute Gasteiger partial charge is 0.0843 e. The highest BCUT2D eigenvalue weighted by molar-refractivity contribution is 9.10. The van der Waals surface area contributed by atoms with Gasteiger partial charge in [0.1, 0.15) is 0 Å². The summed E-state index contributed by atoms with van der Waals surface area (Å²) in [7, 11) is 0. The Labute approximate surface area is 270 Å². The van der Waals surface area contributed by atoms with E-state index in [0.29, 0.717) is 0 Å². The molecule has 0 N–H and O–H groups in total. The molecule has 0 aliphatic carbocycles. The zero-order chi connectivity index (χ0) is 29.6. The van der Waals surface area contributed by atoms with Crippen molar-refractivity contribution in [3.05, 3.63) is 167 Å². The van der Waals surface area contributed by atoms with Gasteiger partial charge in [0.2, 0.25) is 0 Å². The molecule has 8 aromatic rings. The van der Waals surface area contributed by atoms with Crippen molar-refractivity contribution in [1.82, 2.24) is 0 Å². The predicted octanol–water partition coefficient (Wildman–Crippen LogP) is 13.2. The molecule has 0 nitrogen and oxygen atoms in total. The first kappa shape index (κ1) is 26.9. The Morgan fingerprint density at radius 2 is 0.659 bits per heavy atom. The van der Waals surface area contributed by atoms with Crippen LogP contribution in [0.15, 0.2) is 162 Å². The first-order chi connectivity index (χ1) is 21.7. The minimum absolute atomic E-state index is 0.723. The minimum atomic E-state index is 0.723. The predicted molar refractivity (Wildman–Crippen MR) is 193 cm³/mol. The third-order valence-electron chi connectivity index (χ3n) is 8.57. The maximum atomic E-state index is 6.49. The molecule has 8 aromatic carbocycles. The van der Waals surface area contributed by atoms with Gasteiger partial charge in [-0.25, -0.2) is 0 Å². The van der Waals surface area contributed by atoms with E-state index >= 15 is 0 Å². The lowest BCUT2D eigenvalue weighted by molar-refractivity contribution is 1.56. The molecule has 0 aliphatic heterocycles. The van der Waals surface area contributed by atoms with Gasteiger partial charge in [0, 0.05) is 9.50 Å². The summed E-state index contributed by atoms with van der Waals surface area (Å²) in [5.41, 5.74) is 9.51. The molecule has 0 fully saturated rings. The normalized spacial score (nSPS) is 11.4. The fraction of sp³-hybridized carbons (Fsp3) is 0. The fourth-order valence-corrected chi connectivity index (χ4v) is 7.15. The molecule has 0 bridgehead atoms. The number of hydrogen-bond donors (Lipinski definition) is 0. The molecular formula is C42H26BrCl. The molecule has 208 valence electrons. The highest BCUT2D eigenvalue weighted by Gasteiger charge is 2.26. The highest BCUT2D eigenvalue weighted by Crippen LogP contribution is 2.54. The second kappa shape index (κ2) is 11.1.